The van der Waals surface area contributed by atoms with Crippen molar-refractivity contribution in [3.8, 4) is 0 Å². The zero-order valence-corrected chi connectivity index (χ0v) is 8.89. The number of hydrogen-bond acceptors (Lipinski definition) is 3. The Kier molecular flexibility index (Phi) is 4.25. The summed E-state index contributed by atoms with van der Waals surface area (Å²) < 4.78 is 22.1. The maximum absolute atomic E-state index is 11.0. The van der Waals surface area contributed by atoms with E-state index in [2.05, 4.69) is 0 Å². The van der Waals surface area contributed by atoms with Crippen LogP contribution in [0.3, 0.4) is 0 Å². The first-order valence-corrected chi connectivity index (χ1v) is 5.67. The lowest BCUT2D eigenvalue weighted by molar-refractivity contribution is 0.112. The van der Waals surface area contributed by atoms with E-state index in [1.807, 2.05) is 0 Å². The van der Waals surface area contributed by atoms with Crippen LogP contribution in [0.1, 0.15) is 10.4 Å². The van der Waals surface area contributed by atoms with Crippen LogP contribution >= 0.6 is 11.6 Å². The third-order valence-corrected chi connectivity index (χ3v) is 2.96. The Balaban J connectivity index is 0.00000169. The van der Waals surface area contributed by atoms with Gasteiger partial charge in [0.25, 0.3) is 0 Å². The monoisotopic (exact) mass is 236 g/mol. The van der Waals surface area contributed by atoms with E-state index >= 15 is 0 Å². The Hall–Kier alpha value is -0.910. The van der Waals surface area contributed by atoms with Crippen molar-refractivity contribution in [3.63, 3.8) is 0 Å². The molecule has 4 nitrogen and oxygen atoms in total. The maximum atomic E-state index is 11.0. The topological polar surface area (TPSA) is 82.7 Å². The van der Waals surface area contributed by atoms with Gasteiger partial charge in [0.2, 0.25) is 0 Å². The van der Waals surface area contributed by atoms with Gasteiger partial charge in [0, 0.05) is 11.8 Å². The number of halogens is 1. The molecule has 0 heterocycles. The van der Waals surface area contributed by atoms with Gasteiger partial charge < -0.3 is 5.48 Å². The van der Waals surface area contributed by atoms with Gasteiger partial charge in [-0.1, -0.05) is 11.6 Å². The molecule has 0 spiro atoms. The summed E-state index contributed by atoms with van der Waals surface area (Å²) in [5, 5.41) is 0.151. The van der Waals surface area contributed by atoms with Gasteiger partial charge in [-0.3, -0.25) is 4.79 Å². The Labute approximate surface area is 86.7 Å². The predicted octanol–water partition coefficient (Wildman–Crippen LogP) is 0.731. The lowest BCUT2D eigenvalue weighted by Crippen LogP contribution is -1.97. The highest BCUT2D eigenvalue weighted by molar-refractivity contribution is 7.90. The Morgan fingerprint density at radius 1 is 1.36 bits per heavy atom. The number of hydrogen-bond donors (Lipinski definition) is 0. The lowest BCUT2D eigenvalue weighted by Gasteiger charge is -1.99. The summed E-state index contributed by atoms with van der Waals surface area (Å²) in [5.74, 6) is 0. The molecule has 0 radical (unpaired) electrons. The average Bonchev–Trinajstić information content (AvgIpc) is 2.02. The zero-order valence-electron chi connectivity index (χ0n) is 7.32. The van der Waals surface area contributed by atoms with Gasteiger partial charge in [-0.2, -0.15) is 0 Å². The van der Waals surface area contributed by atoms with Crippen molar-refractivity contribution in [3.05, 3.63) is 28.8 Å². The molecule has 14 heavy (non-hydrogen) atoms. The molecule has 0 unspecified atom stereocenters. The van der Waals surface area contributed by atoms with Gasteiger partial charge in [-0.05, 0) is 18.2 Å². The molecule has 0 aliphatic carbocycles. The van der Waals surface area contributed by atoms with Gasteiger partial charge in [0.15, 0.2) is 16.1 Å². The van der Waals surface area contributed by atoms with E-state index in [4.69, 9.17) is 11.6 Å². The number of sulfone groups is 1. The smallest absolute Gasteiger partial charge is 0.175 e. The molecule has 0 fully saturated rings. The molecule has 0 saturated carbocycles. The van der Waals surface area contributed by atoms with E-state index in [0.717, 1.165) is 6.26 Å². The average molecular weight is 237 g/mol. The van der Waals surface area contributed by atoms with Crippen molar-refractivity contribution < 1.29 is 18.7 Å². The highest BCUT2D eigenvalue weighted by Gasteiger charge is 2.08. The summed E-state index contributed by atoms with van der Waals surface area (Å²) in [7, 11) is -3.25. The maximum Gasteiger partial charge on any atom is 0.175 e. The van der Waals surface area contributed by atoms with Gasteiger partial charge in [-0.25, -0.2) is 8.42 Å². The highest BCUT2D eigenvalue weighted by atomic mass is 35.5. The Morgan fingerprint density at radius 2 is 1.93 bits per heavy atom. The molecule has 1 aromatic rings. The standard InChI is InChI=1S/C8H7ClO3S.H2O/c1-13(11,12)7-3-2-6(5-10)8(9)4-7;/h2-5H,1H3;1H2. The van der Waals surface area contributed by atoms with Crippen LogP contribution in [0.25, 0.3) is 0 Å². The van der Waals surface area contributed by atoms with E-state index in [0.29, 0.717) is 6.29 Å². The fraction of sp³-hybridized carbons (Fsp3) is 0.125. The molecule has 0 saturated heterocycles. The Bertz CT molecular complexity index is 439. The van der Waals surface area contributed by atoms with Crippen LogP contribution in [0.4, 0.5) is 0 Å². The summed E-state index contributed by atoms with van der Waals surface area (Å²) in [6, 6.07) is 4.00. The minimum atomic E-state index is -3.25. The summed E-state index contributed by atoms with van der Waals surface area (Å²) in [4.78, 5) is 10.5. The molecule has 1 rings (SSSR count). The van der Waals surface area contributed by atoms with Crippen LogP contribution in [-0.2, 0) is 9.84 Å². The third kappa shape index (κ3) is 2.80. The predicted molar refractivity (Wildman–Crippen MR) is 53.6 cm³/mol. The van der Waals surface area contributed by atoms with Gasteiger partial charge in [0.1, 0.15) is 0 Å². The van der Waals surface area contributed by atoms with E-state index in [-0.39, 0.29) is 21.0 Å². The molecule has 0 atom stereocenters. The largest absolute Gasteiger partial charge is 0.412 e. The molecule has 0 aliphatic rings. The van der Waals surface area contributed by atoms with Gasteiger partial charge in [0.05, 0.1) is 9.92 Å². The van der Waals surface area contributed by atoms with Crippen LogP contribution < -0.4 is 0 Å². The van der Waals surface area contributed by atoms with Crippen LogP contribution in [0.2, 0.25) is 5.02 Å². The number of rotatable bonds is 2. The van der Waals surface area contributed by atoms with E-state index < -0.39 is 9.84 Å². The summed E-state index contributed by atoms with van der Waals surface area (Å²) in [6.07, 6.45) is 1.66. The molecule has 2 N–H and O–H groups in total. The second-order valence-electron chi connectivity index (χ2n) is 2.57. The molecule has 0 aliphatic heterocycles. The minimum Gasteiger partial charge on any atom is -0.412 e. The number of carbonyl (C=O) groups is 1. The molecule has 6 heteroatoms. The second-order valence-corrected chi connectivity index (χ2v) is 5.00. The van der Waals surface area contributed by atoms with Crippen molar-refractivity contribution in [2.75, 3.05) is 6.26 Å². The van der Waals surface area contributed by atoms with E-state index in [1.54, 1.807) is 0 Å². The first-order valence-electron chi connectivity index (χ1n) is 3.40. The molecular formula is C8H9ClO4S. The van der Waals surface area contributed by atoms with E-state index in [1.165, 1.54) is 18.2 Å². The SMILES string of the molecule is CS(=O)(=O)c1ccc(C=O)c(Cl)c1.O. The molecule has 0 bridgehead atoms. The first-order chi connectivity index (χ1) is 5.95. The first kappa shape index (κ1) is 13.1. The summed E-state index contributed by atoms with van der Waals surface area (Å²) in [5.41, 5.74) is 0.286. The van der Waals surface area contributed by atoms with Crippen LogP contribution in [0.5, 0.6) is 0 Å². The number of carbonyl (C=O) groups excluding carboxylic acids is 1. The molecule has 78 valence electrons. The summed E-state index contributed by atoms with van der Waals surface area (Å²) >= 11 is 5.64. The Morgan fingerprint density at radius 3 is 2.29 bits per heavy atom. The van der Waals surface area contributed by atoms with Gasteiger partial charge >= 0.3 is 0 Å². The molecule has 1 aromatic carbocycles. The van der Waals surface area contributed by atoms with Crippen molar-refractivity contribution in [2.24, 2.45) is 0 Å². The highest BCUT2D eigenvalue weighted by Crippen LogP contribution is 2.19. The zero-order chi connectivity index (χ0) is 10.1. The molecular weight excluding hydrogens is 228 g/mol. The van der Waals surface area contributed by atoms with E-state index in [9.17, 15) is 13.2 Å². The molecule has 0 amide bonds. The lowest BCUT2D eigenvalue weighted by atomic mass is 10.2. The normalized spacial score (nSPS) is 10.4. The quantitative estimate of drug-likeness (QED) is 0.710. The second kappa shape index (κ2) is 4.54. The van der Waals surface area contributed by atoms with Crippen LogP contribution in [0, 0.1) is 0 Å². The minimum absolute atomic E-state index is 0. The van der Waals surface area contributed by atoms with Crippen molar-refractivity contribution in [1.82, 2.24) is 0 Å². The fourth-order valence-corrected chi connectivity index (χ4v) is 1.77. The van der Waals surface area contributed by atoms with Crippen molar-refractivity contribution in [1.29, 1.82) is 0 Å². The molecule has 0 aromatic heterocycles. The van der Waals surface area contributed by atoms with Crippen LogP contribution in [0.15, 0.2) is 23.1 Å². The summed E-state index contributed by atoms with van der Waals surface area (Å²) in [6.45, 7) is 0. The number of aldehydes is 1. The third-order valence-electron chi connectivity index (χ3n) is 1.53. The van der Waals surface area contributed by atoms with Crippen molar-refractivity contribution in [2.45, 2.75) is 4.90 Å². The van der Waals surface area contributed by atoms with Gasteiger partial charge in [-0.15, -0.1) is 0 Å². The van der Waals surface area contributed by atoms with Crippen LogP contribution in [-0.4, -0.2) is 26.4 Å². The number of benzene rings is 1. The van der Waals surface area contributed by atoms with Crippen molar-refractivity contribution >= 4 is 27.7 Å². The fourth-order valence-electron chi connectivity index (χ4n) is 0.834.